The number of hydrogen-bond acceptors (Lipinski definition) is 3. The molecule has 1 saturated heterocycles. The molecule has 0 bridgehead atoms. The summed E-state index contributed by atoms with van der Waals surface area (Å²) in [6.07, 6.45) is 8.57. The van der Waals surface area contributed by atoms with Crippen molar-refractivity contribution >= 4 is 17.9 Å². The molecule has 0 saturated carbocycles. The Morgan fingerprint density at radius 3 is 2.26 bits per heavy atom. The summed E-state index contributed by atoms with van der Waals surface area (Å²) in [6.45, 7) is 3.17. The molecule has 5 rings (SSSR count). The highest BCUT2D eigenvalue weighted by Gasteiger charge is 2.28. The van der Waals surface area contributed by atoms with E-state index in [1.54, 1.807) is 0 Å². The third kappa shape index (κ3) is 4.86. The lowest BCUT2D eigenvalue weighted by molar-refractivity contribution is 0.143. The van der Waals surface area contributed by atoms with Crippen molar-refractivity contribution in [2.45, 2.75) is 31.6 Å². The van der Waals surface area contributed by atoms with Gasteiger partial charge in [0, 0.05) is 31.2 Å². The molecule has 4 nitrogen and oxygen atoms in total. The standard InChI is InChI=1S/C30H32N2O2/c33-30(34-22-28-26-16-5-3-14-24(26)25-15-4-6-17-27(25)28)31-19-9-8-13-23-12-2-7-18-29(23)32-20-10-1-11-21-32/h2-8,12-18,28H,1,9-11,19-22H2,(H,31,33). The number of hydrogen-bond donors (Lipinski definition) is 1. The molecule has 1 heterocycles. The van der Waals surface area contributed by atoms with E-state index in [2.05, 4.69) is 83.0 Å². The largest absolute Gasteiger partial charge is 0.449 e. The zero-order valence-corrected chi connectivity index (χ0v) is 19.6. The Balaban J connectivity index is 1.11. The molecule has 0 spiro atoms. The number of alkyl carbamates (subject to hydrolysis) is 1. The average molecular weight is 453 g/mol. The molecule has 4 heteroatoms. The number of nitrogens with one attached hydrogen (secondary N) is 1. The molecule has 0 unspecified atom stereocenters. The topological polar surface area (TPSA) is 41.6 Å². The van der Waals surface area contributed by atoms with Gasteiger partial charge in [-0.2, -0.15) is 0 Å². The zero-order chi connectivity index (χ0) is 23.2. The molecule has 1 aliphatic heterocycles. The van der Waals surface area contributed by atoms with E-state index in [1.807, 2.05) is 12.1 Å². The molecule has 3 aromatic carbocycles. The number of fused-ring (bicyclic) bond motifs is 3. The molecule has 0 atom stereocenters. The number of anilines is 1. The van der Waals surface area contributed by atoms with Crippen LogP contribution in [0.2, 0.25) is 0 Å². The van der Waals surface area contributed by atoms with Crippen molar-refractivity contribution < 1.29 is 9.53 Å². The van der Waals surface area contributed by atoms with E-state index in [4.69, 9.17) is 4.74 Å². The second-order valence-corrected chi connectivity index (χ2v) is 9.05. The molecule has 174 valence electrons. The summed E-state index contributed by atoms with van der Waals surface area (Å²) >= 11 is 0. The van der Waals surface area contributed by atoms with Crippen LogP contribution >= 0.6 is 0 Å². The van der Waals surface area contributed by atoms with Crippen LogP contribution in [0.4, 0.5) is 10.5 Å². The first-order chi connectivity index (χ1) is 16.8. The molecule has 1 aliphatic carbocycles. The number of nitrogens with zero attached hydrogens (tertiary/aromatic N) is 1. The summed E-state index contributed by atoms with van der Waals surface area (Å²) in [6, 6.07) is 25.3. The number of amides is 1. The van der Waals surface area contributed by atoms with E-state index in [-0.39, 0.29) is 12.0 Å². The minimum absolute atomic E-state index is 0.0873. The SMILES string of the molecule is O=C(NCCC=Cc1ccccc1N1CCCCC1)OCC1c2ccccc2-c2ccccc21. The van der Waals surface area contributed by atoms with Crippen LogP contribution in [-0.4, -0.2) is 32.3 Å². The van der Waals surface area contributed by atoms with Gasteiger partial charge in [-0.25, -0.2) is 4.79 Å². The fourth-order valence-corrected chi connectivity index (χ4v) is 5.17. The lowest BCUT2D eigenvalue weighted by Crippen LogP contribution is -2.29. The lowest BCUT2D eigenvalue weighted by atomic mass is 9.98. The Labute approximate surface area is 202 Å². The fraction of sp³-hybridized carbons (Fsp3) is 0.300. The van der Waals surface area contributed by atoms with Crippen molar-refractivity contribution in [1.82, 2.24) is 5.32 Å². The Morgan fingerprint density at radius 1 is 0.882 bits per heavy atom. The van der Waals surface area contributed by atoms with Gasteiger partial charge < -0.3 is 15.0 Å². The molecule has 1 amide bonds. The zero-order valence-electron chi connectivity index (χ0n) is 19.6. The first kappa shape index (κ1) is 22.3. The number of benzene rings is 3. The molecule has 34 heavy (non-hydrogen) atoms. The van der Waals surface area contributed by atoms with Gasteiger partial charge in [0.1, 0.15) is 6.61 Å². The van der Waals surface area contributed by atoms with E-state index >= 15 is 0 Å². The van der Waals surface area contributed by atoms with Gasteiger partial charge >= 0.3 is 6.09 Å². The predicted octanol–water partition coefficient (Wildman–Crippen LogP) is 6.62. The van der Waals surface area contributed by atoms with Crippen LogP contribution < -0.4 is 10.2 Å². The highest BCUT2D eigenvalue weighted by atomic mass is 16.5. The van der Waals surface area contributed by atoms with Crippen molar-refractivity contribution in [2.75, 3.05) is 31.1 Å². The van der Waals surface area contributed by atoms with Gasteiger partial charge in [0.25, 0.3) is 0 Å². The summed E-state index contributed by atoms with van der Waals surface area (Å²) in [5.74, 6) is 0.0873. The average Bonchev–Trinajstić information content (AvgIpc) is 3.22. The number of piperidine rings is 1. The van der Waals surface area contributed by atoms with E-state index in [1.165, 1.54) is 52.8 Å². The van der Waals surface area contributed by atoms with Gasteiger partial charge in [0.2, 0.25) is 0 Å². The van der Waals surface area contributed by atoms with Gasteiger partial charge in [0.15, 0.2) is 0 Å². The number of ether oxygens (including phenoxy) is 1. The van der Waals surface area contributed by atoms with Crippen molar-refractivity contribution in [1.29, 1.82) is 0 Å². The molecular weight excluding hydrogens is 420 g/mol. The number of para-hydroxylation sites is 1. The van der Waals surface area contributed by atoms with Gasteiger partial charge in [0.05, 0.1) is 0 Å². The van der Waals surface area contributed by atoms with Crippen molar-refractivity contribution in [3.63, 3.8) is 0 Å². The van der Waals surface area contributed by atoms with E-state index < -0.39 is 0 Å². The Hall–Kier alpha value is -3.53. The normalized spacial score (nSPS) is 15.2. The fourth-order valence-electron chi connectivity index (χ4n) is 5.17. The van der Waals surface area contributed by atoms with Gasteiger partial charge in [-0.15, -0.1) is 0 Å². The highest BCUT2D eigenvalue weighted by Crippen LogP contribution is 2.44. The van der Waals surface area contributed by atoms with Crippen LogP contribution in [-0.2, 0) is 4.74 Å². The van der Waals surface area contributed by atoms with E-state index in [9.17, 15) is 4.79 Å². The van der Waals surface area contributed by atoms with Crippen LogP contribution in [0, 0.1) is 0 Å². The first-order valence-electron chi connectivity index (χ1n) is 12.4. The van der Waals surface area contributed by atoms with Crippen LogP contribution in [0.25, 0.3) is 17.2 Å². The summed E-state index contributed by atoms with van der Waals surface area (Å²) in [4.78, 5) is 14.8. The predicted molar refractivity (Wildman–Crippen MR) is 139 cm³/mol. The number of rotatable bonds is 7. The molecule has 0 aromatic heterocycles. The summed E-state index contributed by atoms with van der Waals surface area (Å²) < 4.78 is 5.62. The van der Waals surface area contributed by atoms with Crippen molar-refractivity contribution in [3.8, 4) is 11.1 Å². The van der Waals surface area contributed by atoms with Crippen LogP contribution in [0.15, 0.2) is 78.9 Å². The second kappa shape index (κ2) is 10.6. The van der Waals surface area contributed by atoms with E-state index in [0.29, 0.717) is 13.2 Å². The Kier molecular flexibility index (Phi) is 6.94. The molecule has 0 radical (unpaired) electrons. The highest BCUT2D eigenvalue weighted by molar-refractivity contribution is 5.79. The summed E-state index contributed by atoms with van der Waals surface area (Å²) in [5, 5.41) is 2.90. The Bertz CT molecular complexity index is 1120. The van der Waals surface area contributed by atoms with Crippen molar-refractivity contribution in [2.24, 2.45) is 0 Å². The van der Waals surface area contributed by atoms with Crippen molar-refractivity contribution in [3.05, 3.63) is 95.6 Å². The maximum absolute atomic E-state index is 12.4. The van der Waals surface area contributed by atoms with Gasteiger partial charge in [-0.05, 0) is 59.6 Å². The van der Waals surface area contributed by atoms with Crippen LogP contribution in [0.1, 0.15) is 48.3 Å². The molecule has 1 fully saturated rings. The third-order valence-corrected chi connectivity index (χ3v) is 6.85. The van der Waals surface area contributed by atoms with Gasteiger partial charge in [-0.3, -0.25) is 0 Å². The third-order valence-electron chi connectivity index (χ3n) is 6.85. The molecular formula is C30H32N2O2. The van der Waals surface area contributed by atoms with Crippen LogP contribution in [0.3, 0.4) is 0 Å². The maximum atomic E-state index is 12.4. The molecule has 1 N–H and O–H groups in total. The quantitative estimate of drug-likeness (QED) is 0.410. The Morgan fingerprint density at radius 2 is 1.53 bits per heavy atom. The monoisotopic (exact) mass is 452 g/mol. The lowest BCUT2D eigenvalue weighted by Gasteiger charge is -2.30. The second-order valence-electron chi connectivity index (χ2n) is 9.05. The number of carbonyl (C=O) groups excluding carboxylic acids is 1. The first-order valence-corrected chi connectivity index (χ1v) is 12.4. The maximum Gasteiger partial charge on any atom is 0.407 e. The minimum atomic E-state index is -0.357. The van der Waals surface area contributed by atoms with Crippen LogP contribution in [0.5, 0.6) is 0 Å². The van der Waals surface area contributed by atoms with E-state index in [0.717, 1.165) is 19.5 Å². The summed E-state index contributed by atoms with van der Waals surface area (Å²) in [7, 11) is 0. The van der Waals surface area contributed by atoms with Gasteiger partial charge in [-0.1, -0.05) is 78.9 Å². The number of carbonyl (C=O) groups is 1. The smallest absolute Gasteiger partial charge is 0.407 e. The molecule has 3 aromatic rings. The minimum Gasteiger partial charge on any atom is -0.449 e. The molecule has 2 aliphatic rings. The summed E-state index contributed by atoms with van der Waals surface area (Å²) in [5.41, 5.74) is 7.48.